The molecule has 2 aliphatic rings. The van der Waals surface area contributed by atoms with Crippen molar-refractivity contribution in [3.05, 3.63) is 71.8 Å². The van der Waals surface area contributed by atoms with Crippen molar-refractivity contribution in [2.45, 2.75) is 56.9 Å². The summed E-state index contributed by atoms with van der Waals surface area (Å²) in [7, 11) is 0. The number of fused-ring (bicyclic) bond motifs is 1. The largest absolute Gasteiger partial charge is 0.445 e. The van der Waals surface area contributed by atoms with Gasteiger partial charge in [-0.1, -0.05) is 48.5 Å². The van der Waals surface area contributed by atoms with Crippen LogP contribution in [0.4, 0.5) is 4.79 Å². The lowest BCUT2D eigenvalue weighted by molar-refractivity contribution is -0.363. The maximum absolute atomic E-state index is 12.6. The van der Waals surface area contributed by atoms with Gasteiger partial charge in [-0.25, -0.2) is 9.59 Å². The fourth-order valence-electron chi connectivity index (χ4n) is 3.75. The second-order valence-electron chi connectivity index (χ2n) is 8.33. The van der Waals surface area contributed by atoms with Crippen molar-refractivity contribution in [1.29, 1.82) is 0 Å². The van der Waals surface area contributed by atoms with E-state index < -0.39 is 48.5 Å². The van der Waals surface area contributed by atoms with E-state index in [1.165, 1.54) is 0 Å². The van der Waals surface area contributed by atoms with Crippen molar-refractivity contribution in [2.24, 2.45) is 0 Å². The van der Waals surface area contributed by atoms with Gasteiger partial charge < -0.3 is 34.1 Å². The van der Waals surface area contributed by atoms with E-state index in [0.29, 0.717) is 5.56 Å². The molecule has 9 nitrogen and oxygen atoms in total. The zero-order valence-electron chi connectivity index (χ0n) is 18.4. The van der Waals surface area contributed by atoms with Crippen LogP contribution < -0.4 is 5.32 Å². The maximum Gasteiger partial charge on any atom is 0.408 e. The van der Waals surface area contributed by atoms with Gasteiger partial charge in [-0.3, -0.25) is 0 Å². The number of esters is 1. The molecule has 2 fully saturated rings. The van der Waals surface area contributed by atoms with Gasteiger partial charge in [0, 0.05) is 0 Å². The average Bonchev–Trinajstić information content (AvgIpc) is 2.81. The summed E-state index contributed by atoms with van der Waals surface area (Å²) in [6.07, 6.45) is -4.83. The highest BCUT2D eigenvalue weighted by molar-refractivity contribution is 5.89. The quantitative estimate of drug-likeness (QED) is 0.658. The molecule has 176 valence electrons. The minimum atomic E-state index is -1.29. The summed E-state index contributed by atoms with van der Waals surface area (Å²) in [5.74, 6) is -1.61. The Kier molecular flexibility index (Phi) is 6.94. The number of ether oxygens (including phenoxy) is 5. The Balaban J connectivity index is 1.48. The van der Waals surface area contributed by atoms with Crippen molar-refractivity contribution in [2.75, 3.05) is 6.61 Å². The zero-order valence-corrected chi connectivity index (χ0v) is 18.4. The smallest absolute Gasteiger partial charge is 0.408 e. The molecule has 2 N–H and O–H groups in total. The van der Waals surface area contributed by atoms with Crippen LogP contribution in [-0.2, 0) is 30.3 Å². The zero-order chi connectivity index (χ0) is 23.4. The highest BCUT2D eigenvalue weighted by Gasteiger charge is 2.52. The second-order valence-corrected chi connectivity index (χ2v) is 8.33. The second kappa shape index (κ2) is 9.88. The molecule has 5 atom stereocenters. The topological polar surface area (TPSA) is 113 Å². The lowest BCUT2D eigenvalue weighted by Gasteiger charge is -2.49. The summed E-state index contributed by atoms with van der Waals surface area (Å²) in [6.45, 7) is 3.59. The lowest BCUT2D eigenvalue weighted by atomic mass is 9.95. The molecular formula is C24H27NO8. The number of benzene rings is 2. The molecule has 2 aromatic rings. The molecule has 0 bridgehead atoms. The normalized spacial score (nSPS) is 28.3. The van der Waals surface area contributed by atoms with Crippen molar-refractivity contribution >= 4 is 12.1 Å². The molecule has 33 heavy (non-hydrogen) atoms. The molecule has 0 aromatic heterocycles. The van der Waals surface area contributed by atoms with E-state index in [-0.39, 0.29) is 13.2 Å². The number of rotatable bonds is 5. The van der Waals surface area contributed by atoms with Crippen LogP contribution >= 0.6 is 0 Å². The molecular weight excluding hydrogens is 430 g/mol. The first-order chi connectivity index (χ1) is 15.8. The molecule has 2 aromatic carbocycles. The van der Waals surface area contributed by atoms with Crippen LogP contribution in [0, 0.1) is 0 Å². The molecule has 0 spiro atoms. The van der Waals surface area contributed by atoms with Gasteiger partial charge in [0.1, 0.15) is 31.0 Å². The van der Waals surface area contributed by atoms with Gasteiger partial charge in [0.2, 0.25) is 6.29 Å². The molecule has 0 saturated carbocycles. The van der Waals surface area contributed by atoms with Gasteiger partial charge >= 0.3 is 12.1 Å². The SMILES string of the molecule is CC1(C)OC[C@H]2O[C@@H](OC(=O)c3ccccc3)[C@H](NC(=O)OCc3ccccc3)[C@@H](O)[C@@H]2O1. The fourth-order valence-corrected chi connectivity index (χ4v) is 3.75. The third kappa shape index (κ3) is 5.69. The Bertz CT molecular complexity index is 951. The third-order valence-electron chi connectivity index (χ3n) is 5.42. The molecule has 0 unspecified atom stereocenters. The molecule has 9 heteroatoms. The van der Waals surface area contributed by atoms with Crippen molar-refractivity contribution in [3.63, 3.8) is 0 Å². The predicted molar refractivity (Wildman–Crippen MR) is 115 cm³/mol. The number of aliphatic hydroxyl groups excluding tert-OH is 1. The molecule has 2 aliphatic heterocycles. The Morgan fingerprint density at radius 1 is 1.09 bits per heavy atom. The molecule has 4 rings (SSSR count). The number of nitrogens with one attached hydrogen (secondary N) is 1. The van der Waals surface area contributed by atoms with Crippen LogP contribution in [0.3, 0.4) is 0 Å². The number of alkyl carbamates (subject to hydrolysis) is 1. The van der Waals surface area contributed by atoms with Crippen LogP contribution in [0.2, 0.25) is 0 Å². The predicted octanol–water partition coefficient (Wildman–Crippen LogP) is 2.38. The van der Waals surface area contributed by atoms with Crippen LogP contribution in [0.25, 0.3) is 0 Å². The summed E-state index contributed by atoms with van der Waals surface area (Å²) in [5.41, 5.74) is 1.11. The fraction of sp³-hybridized carbons (Fsp3) is 0.417. The number of carbonyl (C=O) groups is 2. The van der Waals surface area contributed by atoms with E-state index in [0.717, 1.165) is 5.56 Å². The van der Waals surface area contributed by atoms with E-state index >= 15 is 0 Å². The average molecular weight is 457 g/mol. The highest BCUT2D eigenvalue weighted by atomic mass is 16.8. The van der Waals surface area contributed by atoms with Crippen molar-refractivity contribution < 1.29 is 38.4 Å². The maximum atomic E-state index is 12.6. The van der Waals surface area contributed by atoms with Gasteiger partial charge in [0.05, 0.1) is 12.2 Å². The van der Waals surface area contributed by atoms with Gasteiger partial charge in [0.15, 0.2) is 5.79 Å². The summed E-state index contributed by atoms with van der Waals surface area (Å²) in [5, 5.41) is 13.6. The lowest BCUT2D eigenvalue weighted by Crippen LogP contribution is -2.68. The highest BCUT2D eigenvalue weighted by Crippen LogP contribution is 2.33. The van der Waals surface area contributed by atoms with Gasteiger partial charge in [0.25, 0.3) is 0 Å². The minimum Gasteiger partial charge on any atom is -0.445 e. The van der Waals surface area contributed by atoms with E-state index in [2.05, 4.69) is 5.32 Å². The van der Waals surface area contributed by atoms with Crippen LogP contribution in [0.15, 0.2) is 60.7 Å². The van der Waals surface area contributed by atoms with E-state index in [1.807, 2.05) is 30.3 Å². The summed E-state index contributed by atoms with van der Waals surface area (Å²) >= 11 is 0. The number of carbonyl (C=O) groups excluding carboxylic acids is 2. The van der Waals surface area contributed by atoms with Crippen molar-refractivity contribution in [3.8, 4) is 0 Å². The Labute approximate surface area is 191 Å². The standard InChI is InChI=1S/C24H27NO8/c1-24(2)30-14-17-20(33-24)19(26)18(25-23(28)29-13-15-9-5-3-6-10-15)22(31-17)32-21(27)16-11-7-4-8-12-16/h3-12,17-20,22,26H,13-14H2,1-2H3,(H,25,28)/t17-,18-,19-,20-,22+/m1/s1. The van der Waals surface area contributed by atoms with E-state index in [1.54, 1.807) is 44.2 Å². The Morgan fingerprint density at radius 3 is 2.45 bits per heavy atom. The van der Waals surface area contributed by atoms with Crippen LogP contribution in [0.1, 0.15) is 29.8 Å². The summed E-state index contributed by atoms with van der Waals surface area (Å²) < 4.78 is 28.1. The first-order valence-electron chi connectivity index (χ1n) is 10.7. The first-order valence-corrected chi connectivity index (χ1v) is 10.7. The van der Waals surface area contributed by atoms with Gasteiger partial charge in [-0.05, 0) is 31.5 Å². The number of amides is 1. The monoisotopic (exact) mass is 457 g/mol. The number of aliphatic hydroxyl groups is 1. The molecule has 0 radical (unpaired) electrons. The number of hydrogen-bond donors (Lipinski definition) is 2. The molecule has 1 amide bonds. The Morgan fingerprint density at radius 2 is 1.76 bits per heavy atom. The molecule has 2 saturated heterocycles. The number of hydrogen-bond acceptors (Lipinski definition) is 8. The first kappa shape index (κ1) is 23.2. The molecule has 0 aliphatic carbocycles. The minimum absolute atomic E-state index is 0.0360. The summed E-state index contributed by atoms with van der Waals surface area (Å²) in [4.78, 5) is 25.1. The van der Waals surface area contributed by atoms with Gasteiger partial charge in [-0.15, -0.1) is 0 Å². The van der Waals surface area contributed by atoms with E-state index in [9.17, 15) is 14.7 Å². The van der Waals surface area contributed by atoms with Crippen molar-refractivity contribution in [1.82, 2.24) is 5.32 Å². The Hall–Kier alpha value is -2.98. The van der Waals surface area contributed by atoms with Gasteiger partial charge in [-0.2, -0.15) is 0 Å². The van der Waals surface area contributed by atoms with Crippen LogP contribution in [0.5, 0.6) is 0 Å². The van der Waals surface area contributed by atoms with E-state index in [4.69, 9.17) is 23.7 Å². The molecule has 2 heterocycles. The summed E-state index contributed by atoms with van der Waals surface area (Å²) in [6, 6.07) is 16.4. The third-order valence-corrected chi connectivity index (χ3v) is 5.42. The van der Waals surface area contributed by atoms with Crippen LogP contribution in [-0.4, -0.2) is 60.2 Å².